The van der Waals surface area contributed by atoms with Crippen LogP contribution in [0.1, 0.15) is 48.0 Å². The zero-order chi connectivity index (χ0) is 28.6. The molecule has 2 amide bonds. The lowest BCUT2D eigenvalue weighted by Crippen LogP contribution is -2.62. The number of halogens is 1. The number of rotatable bonds is 5. The SMILES string of the molecule is Cc1ccc(-n2nc(C(=O)N3CC(N(C)C(=O)OC(C)(C)C)C3)c(=O)n(Cc3cccc(F)c3)c2=O)cc1C. The Morgan fingerprint density at radius 3 is 2.38 bits per heavy atom. The first-order chi connectivity index (χ1) is 18.2. The summed E-state index contributed by atoms with van der Waals surface area (Å²) < 4.78 is 21.1. The molecule has 39 heavy (non-hydrogen) atoms. The molecule has 0 saturated carbocycles. The molecule has 4 rings (SSSR count). The molecule has 11 heteroatoms. The third-order valence-corrected chi connectivity index (χ3v) is 6.61. The van der Waals surface area contributed by atoms with Crippen molar-refractivity contribution < 1.29 is 18.7 Å². The van der Waals surface area contributed by atoms with Crippen molar-refractivity contribution in [3.8, 4) is 5.69 Å². The highest BCUT2D eigenvalue weighted by atomic mass is 19.1. The van der Waals surface area contributed by atoms with Gasteiger partial charge in [-0.05, 0) is 75.6 Å². The molecule has 0 aliphatic carbocycles. The number of amides is 2. The van der Waals surface area contributed by atoms with Crippen LogP contribution >= 0.6 is 0 Å². The third kappa shape index (κ3) is 5.92. The topological polar surface area (TPSA) is 107 Å². The number of benzene rings is 2. The number of aromatic nitrogens is 3. The number of hydrogen-bond donors (Lipinski definition) is 0. The quantitative estimate of drug-likeness (QED) is 0.496. The Balaban J connectivity index is 1.69. The van der Waals surface area contributed by atoms with Gasteiger partial charge < -0.3 is 14.5 Å². The van der Waals surface area contributed by atoms with E-state index in [4.69, 9.17) is 4.74 Å². The monoisotopic (exact) mass is 537 g/mol. The van der Waals surface area contributed by atoms with Crippen molar-refractivity contribution in [3.05, 3.63) is 91.5 Å². The van der Waals surface area contributed by atoms with Crippen LogP contribution in [0.4, 0.5) is 9.18 Å². The van der Waals surface area contributed by atoms with Gasteiger partial charge in [0.2, 0.25) is 5.69 Å². The van der Waals surface area contributed by atoms with Crippen molar-refractivity contribution in [2.24, 2.45) is 0 Å². The molecule has 1 saturated heterocycles. The van der Waals surface area contributed by atoms with Crippen LogP contribution in [0.5, 0.6) is 0 Å². The molecule has 1 aliphatic heterocycles. The lowest BCUT2D eigenvalue weighted by molar-refractivity contribution is -0.00234. The van der Waals surface area contributed by atoms with Gasteiger partial charge in [-0.25, -0.2) is 14.0 Å². The highest BCUT2D eigenvalue weighted by molar-refractivity contribution is 5.92. The molecular formula is C28H32FN5O5. The zero-order valence-electron chi connectivity index (χ0n) is 22.9. The number of hydrogen-bond acceptors (Lipinski definition) is 6. The summed E-state index contributed by atoms with van der Waals surface area (Å²) in [6.07, 6.45) is -0.515. The Kier molecular flexibility index (Phi) is 7.45. The number of ether oxygens (including phenoxy) is 1. The minimum atomic E-state index is -0.877. The predicted molar refractivity (Wildman–Crippen MR) is 143 cm³/mol. The van der Waals surface area contributed by atoms with E-state index in [-0.39, 0.29) is 25.7 Å². The van der Waals surface area contributed by atoms with Crippen LogP contribution in [-0.2, 0) is 11.3 Å². The second-order valence-electron chi connectivity index (χ2n) is 10.8. The molecule has 206 valence electrons. The summed E-state index contributed by atoms with van der Waals surface area (Å²) in [5.41, 5.74) is -0.0750. The average Bonchev–Trinajstić information content (AvgIpc) is 2.81. The molecule has 0 radical (unpaired) electrons. The summed E-state index contributed by atoms with van der Waals surface area (Å²) >= 11 is 0. The Bertz CT molecular complexity index is 1550. The highest BCUT2D eigenvalue weighted by Gasteiger charge is 2.39. The first kappa shape index (κ1) is 27.7. The fourth-order valence-electron chi connectivity index (χ4n) is 4.13. The highest BCUT2D eigenvalue weighted by Crippen LogP contribution is 2.19. The number of aryl methyl sites for hydroxylation is 2. The van der Waals surface area contributed by atoms with Gasteiger partial charge in [0.05, 0.1) is 18.3 Å². The molecule has 10 nitrogen and oxygen atoms in total. The fourth-order valence-corrected chi connectivity index (χ4v) is 4.13. The van der Waals surface area contributed by atoms with Gasteiger partial charge in [-0.15, -0.1) is 0 Å². The summed E-state index contributed by atoms with van der Waals surface area (Å²) in [5, 5.41) is 4.19. The van der Waals surface area contributed by atoms with Gasteiger partial charge in [0, 0.05) is 20.1 Å². The van der Waals surface area contributed by atoms with Gasteiger partial charge in [0.15, 0.2) is 0 Å². The van der Waals surface area contributed by atoms with Gasteiger partial charge in [-0.2, -0.15) is 9.78 Å². The lowest BCUT2D eigenvalue weighted by Gasteiger charge is -2.43. The average molecular weight is 538 g/mol. The molecule has 1 aliphatic rings. The Hall–Kier alpha value is -4.28. The standard InChI is InChI=1S/C28H32FN5O5/c1-17-10-11-21(12-18(17)2)34-26(37)33(14-19-8-7-9-20(29)13-19)25(36)23(30-34)24(35)32-15-22(16-32)31(6)27(38)39-28(3,4)5/h7-13,22H,14-16H2,1-6H3. The second kappa shape index (κ2) is 10.5. The van der Waals surface area contributed by atoms with E-state index in [9.17, 15) is 23.6 Å². The summed E-state index contributed by atoms with van der Waals surface area (Å²) in [7, 11) is 1.59. The van der Waals surface area contributed by atoms with E-state index in [0.29, 0.717) is 11.3 Å². The van der Waals surface area contributed by atoms with Gasteiger partial charge in [-0.3, -0.25) is 14.2 Å². The van der Waals surface area contributed by atoms with E-state index in [2.05, 4.69) is 5.10 Å². The molecule has 3 aromatic rings. The molecule has 2 heterocycles. The second-order valence-corrected chi connectivity index (χ2v) is 10.8. The van der Waals surface area contributed by atoms with Crippen molar-refractivity contribution in [2.75, 3.05) is 20.1 Å². The lowest BCUT2D eigenvalue weighted by atomic mass is 10.1. The van der Waals surface area contributed by atoms with Gasteiger partial charge in [0.1, 0.15) is 11.4 Å². The van der Waals surface area contributed by atoms with Crippen LogP contribution in [0.15, 0.2) is 52.1 Å². The van der Waals surface area contributed by atoms with Gasteiger partial charge in [0.25, 0.3) is 11.5 Å². The van der Waals surface area contributed by atoms with Crippen LogP contribution in [0, 0.1) is 19.7 Å². The van der Waals surface area contributed by atoms with Crippen LogP contribution < -0.4 is 11.2 Å². The Labute approximate surface area is 225 Å². The molecule has 0 N–H and O–H groups in total. The number of carbonyl (C=O) groups is 2. The maximum Gasteiger partial charge on any atom is 0.410 e. The van der Waals surface area contributed by atoms with Gasteiger partial charge >= 0.3 is 11.8 Å². The Morgan fingerprint density at radius 1 is 1.08 bits per heavy atom. The Morgan fingerprint density at radius 2 is 1.77 bits per heavy atom. The van der Waals surface area contributed by atoms with Crippen LogP contribution in [-0.4, -0.2) is 67.9 Å². The number of likely N-dealkylation sites (N-methyl/N-ethyl adjacent to an activating group) is 1. The van der Waals surface area contributed by atoms with E-state index in [1.165, 1.54) is 28.0 Å². The molecule has 0 atom stereocenters. The minimum absolute atomic E-state index is 0.169. The largest absolute Gasteiger partial charge is 0.444 e. The minimum Gasteiger partial charge on any atom is -0.444 e. The molecule has 1 aromatic heterocycles. The number of carbonyl (C=O) groups excluding carboxylic acids is 2. The normalized spacial score (nSPS) is 13.7. The number of nitrogens with zero attached hydrogens (tertiary/aromatic N) is 5. The van der Waals surface area contributed by atoms with E-state index in [1.54, 1.807) is 46.0 Å². The first-order valence-corrected chi connectivity index (χ1v) is 12.6. The van der Waals surface area contributed by atoms with Crippen molar-refractivity contribution in [1.29, 1.82) is 0 Å². The van der Waals surface area contributed by atoms with Crippen LogP contribution in [0.25, 0.3) is 5.69 Å². The van der Waals surface area contributed by atoms with E-state index in [1.807, 2.05) is 19.9 Å². The van der Waals surface area contributed by atoms with E-state index >= 15 is 0 Å². The van der Waals surface area contributed by atoms with Crippen LogP contribution in [0.2, 0.25) is 0 Å². The maximum atomic E-state index is 13.8. The van der Waals surface area contributed by atoms with Crippen molar-refractivity contribution in [3.63, 3.8) is 0 Å². The maximum absolute atomic E-state index is 13.8. The van der Waals surface area contributed by atoms with Crippen molar-refractivity contribution >= 4 is 12.0 Å². The third-order valence-electron chi connectivity index (χ3n) is 6.61. The smallest absolute Gasteiger partial charge is 0.410 e. The predicted octanol–water partition coefficient (Wildman–Crippen LogP) is 2.89. The summed E-state index contributed by atoms with van der Waals surface area (Å²) in [5.74, 6) is -1.18. The summed E-state index contributed by atoms with van der Waals surface area (Å²) in [4.78, 5) is 55.5. The molecule has 2 aromatic carbocycles. The summed E-state index contributed by atoms with van der Waals surface area (Å²) in [6.45, 7) is 9.18. The van der Waals surface area contributed by atoms with Crippen LogP contribution in [0.3, 0.4) is 0 Å². The molecule has 0 bridgehead atoms. The molecule has 0 spiro atoms. The molecular weight excluding hydrogens is 505 g/mol. The van der Waals surface area contributed by atoms with Gasteiger partial charge in [-0.1, -0.05) is 18.2 Å². The molecule has 0 unspecified atom stereocenters. The van der Waals surface area contributed by atoms with E-state index < -0.39 is 40.4 Å². The van der Waals surface area contributed by atoms with Crippen molar-refractivity contribution in [2.45, 2.75) is 52.8 Å². The summed E-state index contributed by atoms with van der Waals surface area (Å²) in [6, 6.07) is 10.5. The van der Waals surface area contributed by atoms with Crippen molar-refractivity contribution in [1.82, 2.24) is 24.1 Å². The molecule has 1 fully saturated rings. The zero-order valence-corrected chi connectivity index (χ0v) is 22.9. The first-order valence-electron chi connectivity index (χ1n) is 12.6. The number of likely N-dealkylation sites (tertiary alicyclic amines) is 1. The fraction of sp³-hybridized carbons (Fsp3) is 0.393. The van der Waals surface area contributed by atoms with E-state index in [0.717, 1.165) is 20.4 Å².